The quantitative estimate of drug-likeness (QED) is 0.0261. The van der Waals surface area contributed by atoms with Gasteiger partial charge in [0.1, 0.15) is 13.2 Å². The summed E-state index contributed by atoms with van der Waals surface area (Å²) in [6.07, 6.45) is 96.4. The zero-order chi connectivity index (χ0) is 57.1. The van der Waals surface area contributed by atoms with Crippen molar-refractivity contribution in [3.63, 3.8) is 0 Å². The van der Waals surface area contributed by atoms with Crippen LogP contribution in [0.5, 0.6) is 0 Å². The Morgan fingerprint density at radius 2 is 0.494 bits per heavy atom. The lowest BCUT2D eigenvalue weighted by atomic mass is 10.1. The van der Waals surface area contributed by atoms with E-state index in [1.807, 2.05) is 0 Å². The van der Waals surface area contributed by atoms with Crippen LogP contribution in [0.15, 0.2) is 170 Å². The molecular weight excluding hydrogens is 973 g/mol. The highest BCUT2D eigenvalue weighted by Crippen LogP contribution is 2.13. The van der Waals surface area contributed by atoms with Crippen LogP contribution in [0.3, 0.4) is 0 Å². The van der Waals surface area contributed by atoms with E-state index in [2.05, 4.69) is 191 Å². The van der Waals surface area contributed by atoms with Crippen LogP contribution in [-0.2, 0) is 28.6 Å². The number of hydrogen-bond acceptors (Lipinski definition) is 6. The molecule has 0 rings (SSSR count). The van der Waals surface area contributed by atoms with Crippen LogP contribution in [0, 0.1) is 0 Å². The largest absolute Gasteiger partial charge is 0.462 e. The van der Waals surface area contributed by atoms with Gasteiger partial charge in [0.15, 0.2) is 6.10 Å². The third kappa shape index (κ3) is 63.5. The molecule has 0 aromatic carbocycles. The Labute approximate surface area is 485 Å². The van der Waals surface area contributed by atoms with Crippen molar-refractivity contribution in [3.05, 3.63) is 170 Å². The highest BCUT2D eigenvalue weighted by atomic mass is 16.6. The molecule has 0 aromatic heterocycles. The number of rotatable bonds is 55. The van der Waals surface area contributed by atoms with Crippen molar-refractivity contribution in [2.45, 2.75) is 258 Å². The highest BCUT2D eigenvalue weighted by molar-refractivity contribution is 5.71. The van der Waals surface area contributed by atoms with Gasteiger partial charge in [0, 0.05) is 19.3 Å². The zero-order valence-electron chi connectivity index (χ0n) is 50.6. The first kappa shape index (κ1) is 73.8. The van der Waals surface area contributed by atoms with Crippen LogP contribution >= 0.6 is 0 Å². The van der Waals surface area contributed by atoms with Crippen molar-refractivity contribution in [1.82, 2.24) is 0 Å². The molecule has 0 aliphatic carbocycles. The molecule has 1 unspecified atom stereocenters. The predicted octanol–water partition coefficient (Wildman–Crippen LogP) is 21.9. The molecule has 0 bridgehead atoms. The summed E-state index contributed by atoms with van der Waals surface area (Å²) in [5.74, 6) is -0.971. The number of allylic oxidation sites excluding steroid dienone is 28. The van der Waals surface area contributed by atoms with Crippen LogP contribution < -0.4 is 0 Å². The van der Waals surface area contributed by atoms with Gasteiger partial charge in [-0.1, -0.05) is 255 Å². The molecule has 0 amide bonds. The number of carbonyl (C=O) groups excluding carboxylic acids is 3. The van der Waals surface area contributed by atoms with E-state index in [4.69, 9.17) is 14.2 Å². The summed E-state index contributed by atoms with van der Waals surface area (Å²) in [4.78, 5) is 38.2. The van der Waals surface area contributed by atoms with E-state index in [0.717, 1.165) is 173 Å². The monoisotopic (exact) mass is 1090 g/mol. The molecule has 6 nitrogen and oxygen atoms in total. The zero-order valence-corrected chi connectivity index (χ0v) is 50.6. The van der Waals surface area contributed by atoms with E-state index in [9.17, 15) is 14.4 Å². The van der Waals surface area contributed by atoms with Crippen molar-refractivity contribution < 1.29 is 28.6 Å². The van der Waals surface area contributed by atoms with E-state index in [-0.39, 0.29) is 31.1 Å². The molecule has 0 saturated carbocycles. The first-order valence-electron chi connectivity index (χ1n) is 31.6. The van der Waals surface area contributed by atoms with Crippen LogP contribution in [0.4, 0.5) is 0 Å². The van der Waals surface area contributed by atoms with Crippen LogP contribution in [-0.4, -0.2) is 37.2 Å². The number of hydrogen-bond donors (Lipinski definition) is 0. The fourth-order valence-corrected chi connectivity index (χ4v) is 7.99. The second kappa shape index (κ2) is 65.3. The Balaban J connectivity index is 4.40. The number of carbonyl (C=O) groups is 3. The van der Waals surface area contributed by atoms with Gasteiger partial charge in [-0.25, -0.2) is 0 Å². The van der Waals surface area contributed by atoms with Crippen molar-refractivity contribution in [2.24, 2.45) is 0 Å². The third-order valence-corrected chi connectivity index (χ3v) is 12.7. The second-order valence-corrected chi connectivity index (χ2v) is 20.2. The van der Waals surface area contributed by atoms with E-state index >= 15 is 0 Å². The summed E-state index contributed by atoms with van der Waals surface area (Å²) in [6.45, 7) is 6.31. The summed E-state index contributed by atoms with van der Waals surface area (Å²) in [5.41, 5.74) is 0. The SMILES string of the molecule is CC/C=C\C/C=C\C/C=C\C/C=C\C/C=C\C/C=C\C/C=C\C/C=C\C/C=C\CCCCCC(=O)OCC(COC(=O)CCCCCCC/C=C\CCCC)OC(=O)CCCCCCCC/C=C\C/C=C\C/C=C\C/C=C\CC. The molecule has 0 fully saturated rings. The number of unbranched alkanes of at least 4 members (excludes halogenated alkanes) is 16. The summed E-state index contributed by atoms with van der Waals surface area (Å²) in [7, 11) is 0. The second-order valence-electron chi connectivity index (χ2n) is 20.2. The van der Waals surface area contributed by atoms with Crippen molar-refractivity contribution in [3.8, 4) is 0 Å². The molecule has 0 aromatic rings. The van der Waals surface area contributed by atoms with Crippen molar-refractivity contribution in [1.29, 1.82) is 0 Å². The molecule has 0 N–H and O–H groups in total. The normalized spacial score (nSPS) is 13.3. The molecule has 79 heavy (non-hydrogen) atoms. The topological polar surface area (TPSA) is 78.9 Å². The van der Waals surface area contributed by atoms with Crippen LogP contribution in [0.25, 0.3) is 0 Å². The average Bonchev–Trinajstić information content (AvgIpc) is 3.45. The lowest BCUT2D eigenvalue weighted by Gasteiger charge is -2.18. The first-order valence-corrected chi connectivity index (χ1v) is 31.6. The molecule has 0 aliphatic rings. The average molecular weight is 1090 g/mol. The summed E-state index contributed by atoms with van der Waals surface area (Å²) in [5, 5.41) is 0. The smallest absolute Gasteiger partial charge is 0.306 e. The first-order chi connectivity index (χ1) is 39.0. The Hall–Kier alpha value is -5.23. The fourth-order valence-electron chi connectivity index (χ4n) is 7.99. The van der Waals surface area contributed by atoms with Gasteiger partial charge in [0.25, 0.3) is 0 Å². The molecule has 0 aliphatic heterocycles. The van der Waals surface area contributed by atoms with E-state index in [1.54, 1.807) is 0 Å². The lowest BCUT2D eigenvalue weighted by molar-refractivity contribution is -0.167. The van der Waals surface area contributed by atoms with Gasteiger partial charge in [-0.2, -0.15) is 0 Å². The Morgan fingerprint density at radius 1 is 0.266 bits per heavy atom. The maximum atomic E-state index is 12.9. The fraction of sp³-hybridized carbons (Fsp3) is 0.575. The van der Waals surface area contributed by atoms with Crippen LogP contribution in [0.2, 0.25) is 0 Å². The molecule has 0 spiro atoms. The molecular formula is C73H114O6. The predicted molar refractivity (Wildman–Crippen MR) is 343 cm³/mol. The molecule has 0 saturated heterocycles. The van der Waals surface area contributed by atoms with Gasteiger partial charge in [0.2, 0.25) is 0 Å². The van der Waals surface area contributed by atoms with Crippen molar-refractivity contribution in [2.75, 3.05) is 13.2 Å². The Morgan fingerprint density at radius 3 is 0.797 bits per heavy atom. The van der Waals surface area contributed by atoms with Crippen molar-refractivity contribution >= 4 is 17.9 Å². The summed E-state index contributed by atoms with van der Waals surface area (Å²) in [6, 6.07) is 0. The molecule has 0 radical (unpaired) electrons. The summed E-state index contributed by atoms with van der Waals surface area (Å²) < 4.78 is 16.8. The van der Waals surface area contributed by atoms with Gasteiger partial charge >= 0.3 is 17.9 Å². The summed E-state index contributed by atoms with van der Waals surface area (Å²) >= 11 is 0. The van der Waals surface area contributed by atoms with Gasteiger partial charge < -0.3 is 14.2 Å². The molecule has 6 heteroatoms. The highest BCUT2D eigenvalue weighted by Gasteiger charge is 2.19. The molecule has 0 heterocycles. The minimum absolute atomic E-state index is 0.106. The number of esters is 3. The maximum Gasteiger partial charge on any atom is 0.306 e. The molecule has 1 atom stereocenters. The van der Waals surface area contributed by atoms with Gasteiger partial charge in [-0.05, 0) is 148 Å². The van der Waals surface area contributed by atoms with Gasteiger partial charge in [0.05, 0.1) is 0 Å². The van der Waals surface area contributed by atoms with E-state index in [0.29, 0.717) is 19.3 Å². The standard InChI is InChI=1S/C73H114O6/c1-4-7-10-13-16-19-22-24-26-28-30-31-32-33-34-35-36-37-38-39-40-41-43-44-46-48-51-54-57-60-63-66-72(75)78-69-70(68-77-71(74)65-62-59-56-53-50-21-18-15-12-9-6-3)79-73(76)67-64-61-58-55-52-49-47-45-42-29-27-25-23-20-17-14-11-8-5-2/h7-8,10-11,15-20,24-27,30-31,33-34,36-37,39-40,42-45,48,51,70H,4-6,9,12-14,21-23,28-29,32,35,38,41,46-47,49-50,52-69H2,1-3H3/b10-7-,11-8-,18-15-,19-16-,20-17-,26-24-,27-25-,31-30-,34-33-,37-36-,40-39-,44-43-,45-42-,51-48-. The van der Waals surface area contributed by atoms with Gasteiger partial charge in [-0.3, -0.25) is 14.4 Å². The third-order valence-electron chi connectivity index (χ3n) is 12.7. The molecule has 442 valence electrons. The minimum Gasteiger partial charge on any atom is -0.462 e. The van der Waals surface area contributed by atoms with E-state index in [1.165, 1.54) is 38.5 Å². The maximum absolute atomic E-state index is 12.9. The number of ether oxygens (including phenoxy) is 3. The lowest BCUT2D eigenvalue weighted by Crippen LogP contribution is -2.30. The Kier molecular flexibility index (Phi) is 61.0. The Bertz CT molecular complexity index is 1820. The van der Waals surface area contributed by atoms with E-state index < -0.39 is 6.10 Å². The minimum atomic E-state index is -0.812. The van der Waals surface area contributed by atoms with Gasteiger partial charge in [-0.15, -0.1) is 0 Å². The van der Waals surface area contributed by atoms with Crippen LogP contribution in [0.1, 0.15) is 252 Å².